The van der Waals surface area contributed by atoms with Crippen molar-refractivity contribution < 1.29 is 4.74 Å². The third-order valence-electron chi connectivity index (χ3n) is 3.62. The highest BCUT2D eigenvalue weighted by atomic mass is 16.5. The van der Waals surface area contributed by atoms with Gasteiger partial charge in [-0.1, -0.05) is 37.6 Å². The predicted molar refractivity (Wildman–Crippen MR) is 79.7 cm³/mol. The van der Waals surface area contributed by atoms with Gasteiger partial charge in [-0.25, -0.2) is 4.98 Å². The lowest BCUT2D eigenvalue weighted by molar-refractivity contribution is 0.298. The maximum atomic E-state index is 5.85. The largest absolute Gasteiger partial charge is 0.477 e. The van der Waals surface area contributed by atoms with Crippen molar-refractivity contribution in [3.05, 3.63) is 35.5 Å². The van der Waals surface area contributed by atoms with Gasteiger partial charge >= 0.3 is 0 Å². The van der Waals surface area contributed by atoms with Crippen molar-refractivity contribution in [2.75, 3.05) is 12.3 Å². The van der Waals surface area contributed by atoms with Crippen molar-refractivity contribution >= 4 is 5.95 Å². The van der Waals surface area contributed by atoms with Gasteiger partial charge < -0.3 is 10.5 Å². The average molecular weight is 269 g/mol. The summed E-state index contributed by atoms with van der Waals surface area (Å²) in [4.78, 5) is 8.69. The van der Waals surface area contributed by atoms with Gasteiger partial charge in [0.25, 0.3) is 0 Å². The molecule has 0 aliphatic heterocycles. The van der Waals surface area contributed by atoms with E-state index in [-0.39, 0.29) is 0 Å². The Morgan fingerprint density at radius 3 is 2.90 bits per heavy atom. The number of rotatable bonds is 4. The first-order chi connectivity index (χ1) is 9.79. The lowest BCUT2D eigenvalue weighted by Crippen LogP contribution is -2.12. The van der Waals surface area contributed by atoms with Gasteiger partial charge in [0.05, 0.1) is 17.9 Å². The number of aromatic nitrogens is 2. The van der Waals surface area contributed by atoms with E-state index in [1.54, 1.807) is 0 Å². The first-order valence-corrected chi connectivity index (χ1v) is 7.17. The molecule has 0 saturated heterocycles. The number of fused-ring (bicyclic) bond motifs is 3. The molecule has 0 saturated carbocycles. The van der Waals surface area contributed by atoms with Crippen LogP contribution in [-0.2, 0) is 12.8 Å². The van der Waals surface area contributed by atoms with Crippen LogP contribution in [0.15, 0.2) is 24.3 Å². The quantitative estimate of drug-likeness (QED) is 0.867. The monoisotopic (exact) mass is 269 g/mol. The third-order valence-corrected chi connectivity index (χ3v) is 3.62. The van der Waals surface area contributed by atoms with Crippen molar-refractivity contribution in [1.29, 1.82) is 0 Å². The molecule has 0 radical (unpaired) electrons. The molecular weight excluding hydrogens is 250 g/mol. The van der Waals surface area contributed by atoms with Crippen LogP contribution in [0.2, 0.25) is 0 Å². The molecule has 0 fully saturated rings. The van der Waals surface area contributed by atoms with Crippen molar-refractivity contribution in [3.8, 4) is 17.0 Å². The first kappa shape index (κ1) is 12.9. The normalized spacial score (nSPS) is 12.7. The van der Waals surface area contributed by atoms with Gasteiger partial charge in [-0.05, 0) is 30.4 Å². The van der Waals surface area contributed by atoms with Crippen LogP contribution >= 0.6 is 0 Å². The molecule has 0 bridgehead atoms. The van der Waals surface area contributed by atoms with Crippen molar-refractivity contribution in [2.24, 2.45) is 0 Å². The molecule has 0 atom stereocenters. The zero-order valence-corrected chi connectivity index (χ0v) is 11.7. The Labute approximate surface area is 119 Å². The Bertz CT molecular complexity index is 625. The van der Waals surface area contributed by atoms with Gasteiger partial charge in [0.15, 0.2) is 0 Å². The summed E-state index contributed by atoms with van der Waals surface area (Å²) in [6.07, 6.45) is 4.00. The van der Waals surface area contributed by atoms with Crippen molar-refractivity contribution in [1.82, 2.24) is 9.97 Å². The van der Waals surface area contributed by atoms with Crippen LogP contribution in [0.25, 0.3) is 11.1 Å². The lowest BCUT2D eigenvalue weighted by atomic mass is 9.89. The minimum absolute atomic E-state index is 0.301. The second-order valence-corrected chi connectivity index (χ2v) is 5.07. The van der Waals surface area contributed by atoms with E-state index < -0.39 is 0 Å². The molecule has 4 heteroatoms. The van der Waals surface area contributed by atoms with E-state index in [1.165, 1.54) is 11.1 Å². The second kappa shape index (κ2) is 5.49. The standard InChI is InChI=1S/C16H19N3O/c1-2-3-10-20-15-14-12-7-5-4-6-11(12)8-9-13(14)18-16(17)19-15/h4-7H,2-3,8-10H2,1H3,(H2,17,18,19). The maximum Gasteiger partial charge on any atom is 0.226 e. The van der Waals surface area contributed by atoms with Gasteiger partial charge in [-0.3, -0.25) is 0 Å². The zero-order valence-electron chi connectivity index (χ0n) is 11.7. The molecule has 3 rings (SSSR count). The molecule has 0 unspecified atom stereocenters. The molecule has 4 nitrogen and oxygen atoms in total. The molecule has 2 N–H and O–H groups in total. The number of anilines is 1. The fourth-order valence-corrected chi connectivity index (χ4v) is 2.61. The maximum absolute atomic E-state index is 5.85. The molecule has 1 aliphatic rings. The minimum atomic E-state index is 0.301. The van der Waals surface area contributed by atoms with E-state index in [1.807, 2.05) is 6.07 Å². The molecule has 1 aliphatic carbocycles. The van der Waals surface area contributed by atoms with E-state index >= 15 is 0 Å². The van der Waals surface area contributed by atoms with Crippen LogP contribution in [0.5, 0.6) is 5.88 Å². The Hall–Kier alpha value is -2.10. The van der Waals surface area contributed by atoms with Crippen LogP contribution in [0.1, 0.15) is 31.0 Å². The average Bonchev–Trinajstić information content (AvgIpc) is 2.46. The van der Waals surface area contributed by atoms with E-state index in [9.17, 15) is 0 Å². The zero-order chi connectivity index (χ0) is 13.9. The van der Waals surface area contributed by atoms with Crippen molar-refractivity contribution in [2.45, 2.75) is 32.6 Å². The summed E-state index contributed by atoms with van der Waals surface area (Å²) in [5.41, 5.74) is 10.3. The Balaban J connectivity index is 2.06. The summed E-state index contributed by atoms with van der Waals surface area (Å²) in [5.74, 6) is 0.933. The van der Waals surface area contributed by atoms with Gasteiger partial charge in [0, 0.05) is 0 Å². The molecule has 0 amide bonds. The van der Waals surface area contributed by atoms with Crippen molar-refractivity contribution in [3.63, 3.8) is 0 Å². The number of hydrogen-bond donors (Lipinski definition) is 1. The molecule has 0 spiro atoms. The summed E-state index contributed by atoms with van der Waals surface area (Å²) < 4.78 is 5.85. The highest BCUT2D eigenvalue weighted by molar-refractivity contribution is 5.76. The van der Waals surface area contributed by atoms with Gasteiger partial charge in [-0.2, -0.15) is 4.98 Å². The molecule has 2 aromatic rings. The van der Waals surface area contributed by atoms with Gasteiger partial charge in [0.1, 0.15) is 0 Å². The summed E-state index contributed by atoms with van der Waals surface area (Å²) in [5, 5.41) is 0. The van der Waals surface area contributed by atoms with Crippen LogP contribution in [-0.4, -0.2) is 16.6 Å². The Kier molecular flexibility index (Phi) is 3.54. The van der Waals surface area contributed by atoms with E-state index in [0.717, 1.165) is 36.9 Å². The fourth-order valence-electron chi connectivity index (χ4n) is 2.61. The Morgan fingerprint density at radius 2 is 2.05 bits per heavy atom. The SMILES string of the molecule is CCCCOc1nc(N)nc2c1-c1ccccc1CC2. The molecule has 104 valence electrons. The summed E-state index contributed by atoms with van der Waals surface area (Å²) >= 11 is 0. The molecule has 1 aromatic carbocycles. The topological polar surface area (TPSA) is 61.0 Å². The van der Waals surface area contributed by atoms with E-state index in [4.69, 9.17) is 10.5 Å². The molecular formula is C16H19N3O. The number of ether oxygens (including phenoxy) is 1. The summed E-state index contributed by atoms with van der Waals surface area (Å²) in [7, 11) is 0. The second-order valence-electron chi connectivity index (χ2n) is 5.07. The number of hydrogen-bond acceptors (Lipinski definition) is 4. The number of aryl methyl sites for hydroxylation is 2. The highest BCUT2D eigenvalue weighted by Gasteiger charge is 2.22. The molecule has 1 heterocycles. The number of unbranched alkanes of at least 4 members (excludes halogenated alkanes) is 1. The number of nitrogens with zero attached hydrogens (tertiary/aromatic N) is 2. The number of benzene rings is 1. The Morgan fingerprint density at radius 1 is 1.20 bits per heavy atom. The predicted octanol–water partition coefficient (Wildman–Crippen LogP) is 3.00. The van der Waals surface area contributed by atoms with E-state index in [0.29, 0.717) is 18.4 Å². The van der Waals surface area contributed by atoms with Gasteiger partial charge in [0.2, 0.25) is 11.8 Å². The molecule has 20 heavy (non-hydrogen) atoms. The fraction of sp³-hybridized carbons (Fsp3) is 0.375. The van der Waals surface area contributed by atoms with Crippen LogP contribution < -0.4 is 10.5 Å². The van der Waals surface area contributed by atoms with E-state index in [2.05, 4.69) is 35.1 Å². The smallest absolute Gasteiger partial charge is 0.226 e. The van der Waals surface area contributed by atoms with Crippen LogP contribution in [0, 0.1) is 0 Å². The first-order valence-electron chi connectivity index (χ1n) is 7.17. The highest BCUT2D eigenvalue weighted by Crippen LogP contribution is 2.38. The number of nitrogen functional groups attached to an aromatic ring is 1. The van der Waals surface area contributed by atoms with Crippen LogP contribution in [0.4, 0.5) is 5.95 Å². The minimum Gasteiger partial charge on any atom is -0.477 e. The summed E-state index contributed by atoms with van der Waals surface area (Å²) in [6, 6.07) is 8.38. The van der Waals surface area contributed by atoms with Crippen LogP contribution in [0.3, 0.4) is 0 Å². The third kappa shape index (κ3) is 2.33. The number of nitrogens with two attached hydrogens (primary N) is 1. The lowest BCUT2D eigenvalue weighted by Gasteiger charge is -2.21. The molecule has 1 aromatic heterocycles. The van der Waals surface area contributed by atoms with Gasteiger partial charge in [-0.15, -0.1) is 0 Å². The summed E-state index contributed by atoms with van der Waals surface area (Å²) in [6.45, 7) is 2.81.